The van der Waals surface area contributed by atoms with Crippen molar-refractivity contribution >= 4 is 22.8 Å². The van der Waals surface area contributed by atoms with Gasteiger partial charge in [-0.1, -0.05) is 30.3 Å². The quantitative estimate of drug-likeness (QED) is 0.737. The first kappa shape index (κ1) is 17.0. The summed E-state index contributed by atoms with van der Waals surface area (Å²) in [4.78, 5) is 35.4. The largest absolute Gasteiger partial charge is 0.345 e. The molecule has 1 aromatic heterocycles. The minimum atomic E-state index is -0.255. The number of amides is 2. The minimum Gasteiger partial charge on any atom is -0.345 e. The number of aromatic nitrogens is 2. The number of carbonyl (C=O) groups is 2. The van der Waals surface area contributed by atoms with Crippen LogP contribution in [0, 0.1) is 0 Å². The zero-order valence-electron chi connectivity index (χ0n) is 15.5. The predicted octanol–water partition coefficient (Wildman–Crippen LogP) is 3.49. The molecule has 3 aromatic rings. The van der Waals surface area contributed by atoms with Crippen LogP contribution in [0.3, 0.4) is 0 Å². The van der Waals surface area contributed by atoms with Gasteiger partial charge < -0.3 is 15.2 Å². The van der Waals surface area contributed by atoms with Gasteiger partial charge in [-0.25, -0.2) is 4.98 Å². The van der Waals surface area contributed by atoms with Crippen LogP contribution >= 0.6 is 0 Å². The molecule has 0 radical (unpaired) electrons. The maximum Gasteiger partial charge on any atom is 0.252 e. The van der Waals surface area contributed by atoms with Crippen LogP contribution in [0.25, 0.3) is 11.0 Å². The van der Waals surface area contributed by atoms with E-state index in [-0.39, 0.29) is 30.3 Å². The molecule has 3 heterocycles. The van der Waals surface area contributed by atoms with Gasteiger partial charge in [0.15, 0.2) is 0 Å². The van der Waals surface area contributed by atoms with Crippen molar-refractivity contribution in [3.63, 3.8) is 0 Å². The fourth-order valence-electron chi connectivity index (χ4n) is 4.42. The number of H-pyrrole nitrogens is 1. The molecule has 5 rings (SSSR count). The zero-order chi connectivity index (χ0) is 19.1. The fraction of sp³-hybridized carbons (Fsp3) is 0.318. The van der Waals surface area contributed by atoms with Gasteiger partial charge >= 0.3 is 0 Å². The number of hydrogen-bond donors (Lipinski definition) is 2. The van der Waals surface area contributed by atoms with Crippen molar-refractivity contribution in [2.45, 2.75) is 37.8 Å². The third kappa shape index (κ3) is 2.85. The van der Waals surface area contributed by atoms with Gasteiger partial charge in [-0.2, -0.15) is 0 Å². The molecule has 2 aromatic carbocycles. The number of fused-ring (bicyclic) bond motifs is 2. The number of benzene rings is 2. The summed E-state index contributed by atoms with van der Waals surface area (Å²) < 4.78 is 0. The van der Waals surface area contributed by atoms with Gasteiger partial charge in [0.05, 0.1) is 29.5 Å². The van der Waals surface area contributed by atoms with Crippen LogP contribution in [0.15, 0.2) is 48.5 Å². The van der Waals surface area contributed by atoms with Crippen molar-refractivity contribution in [2.75, 3.05) is 6.54 Å². The molecule has 2 aliphatic rings. The Labute approximate surface area is 163 Å². The van der Waals surface area contributed by atoms with Gasteiger partial charge in [-0.15, -0.1) is 0 Å². The number of piperidine rings is 1. The summed E-state index contributed by atoms with van der Waals surface area (Å²) >= 11 is 0. The first-order valence-corrected chi connectivity index (χ1v) is 9.84. The van der Waals surface area contributed by atoms with E-state index in [0.717, 1.165) is 48.2 Å². The summed E-state index contributed by atoms with van der Waals surface area (Å²) in [5.41, 5.74) is 3.51. The molecular weight excluding hydrogens is 352 g/mol. The first-order chi connectivity index (χ1) is 13.7. The molecule has 1 saturated heterocycles. The van der Waals surface area contributed by atoms with Crippen LogP contribution in [0.2, 0.25) is 0 Å². The topological polar surface area (TPSA) is 78.1 Å². The number of imidazole rings is 1. The van der Waals surface area contributed by atoms with Gasteiger partial charge in [0, 0.05) is 12.1 Å². The highest BCUT2D eigenvalue weighted by molar-refractivity contribution is 5.99. The molecule has 6 heteroatoms. The standard InChI is InChI=1S/C22H22N4O2/c27-20(13-18-14-7-1-2-8-15(14)22(28)25-18)26-12-6-5-11-19(26)21-23-16-9-3-4-10-17(16)24-21/h1-4,7-10,18-19H,5-6,11-13H2,(H,23,24)(H,25,28)/t18-,19-/m0/s1. The van der Waals surface area contributed by atoms with E-state index in [1.54, 1.807) is 0 Å². The van der Waals surface area contributed by atoms with Gasteiger partial charge in [0.2, 0.25) is 5.91 Å². The Balaban J connectivity index is 1.39. The van der Waals surface area contributed by atoms with E-state index in [2.05, 4.69) is 10.3 Å². The number of aromatic amines is 1. The molecule has 0 aliphatic carbocycles. The zero-order valence-corrected chi connectivity index (χ0v) is 15.5. The second kappa shape index (κ2) is 6.78. The van der Waals surface area contributed by atoms with E-state index < -0.39 is 0 Å². The monoisotopic (exact) mass is 374 g/mol. The van der Waals surface area contributed by atoms with E-state index in [9.17, 15) is 9.59 Å². The number of nitrogens with zero attached hydrogens (tertiary/aromatic N) is 2. The third-order valence-corrected chi connectivity index (χ3v) is 5.81. The van der Waals surface area contributed by atoms with Crippen molar-refractivity contribution in [2.24, 2.45) is 0 Å². The minimum absolute atomic E-state index is 0.0407. The second-order valence-corrected chi connectivity index (χ2v) is 7.56. The number of rotatable bonds is 3. The highest BCUT2D eigenvalue weighted by atomic mass is 16.2. The van der Waals surface area contributed by atoms with Crippen molar-refractivity contribution in [3.8, 4) is 0 Å². The fourth-order valence-corrected chi connectivity index (χ4v) is 4.42. The normalized spacial score (nSPS) is 21.6. The molecule has 0 saturated carbocycles. The van der Waals surface area contributed by atoms with E-state index in [0.29, 0.717) is 5.56 Å². The summed E-state index contributed by atoms with van der Waals surface area (Å²) in [7, 11) is 0. The van der Waals surface area contributed by atoms with Crippen molar-refractivity contribution < 1.29 is 9.59 Å². The highest BCUT2D eigenvalue weighted by Crippen LogP contribution is 2.34. The van der Waals surface area contributed by atoms with E-state index in [1.165, 1.54) is 0 Å². The van der Waals surface area contributed by atoms with Crippen molar-refractivity contribution in [3.05, 3.63) is 65.5 Å². The molecule has 2 N–H and O–H groups in total. The Morgan fingerprint density at radius 3 is 2.82 bits per heavy atom. The molecule has 6 nitrogen and oxygen atoms in total. The Hall–Kier alpha value is -3.15. The molecular formula is C22H22N4O2. The van der Waals surface area contributed by atoms with Crippen LogP contribution in [-0.4, -0.2) is 33.2 Å². The van der Waals surface area contributed by atoms with E-state index in [1.807, 2.05) is 53.4 Å². The van der Waals surface area contributed by atoms with Crippen LogP contribution in [0.5, 0.6) is 0 Å². The lowest BCUT2D eigenvalue weighted by molar-refractivity contribution is -0.135. The lowest BCUT2D eigenvalue weighted by atomic mass is 9.98. The van der Waals surface area contributed by atoms with Crippen molar-refractivity contribution in [1.82, 2.24) is 20.2 Å². The van der Waals surface area contributed by atoms with Crippen molar-refractivity contribution in [1.29, 1.82) is 0 Å². The predicted molar refractivity (Wildman–Crippen MR) is 106 cm³/mol. The molecule has 2 aliphatic heterocycles. The summed E-state index contributed by atoms with van der Waals surface area (Å²) in [5.74, 6) is 0.818. The third-order valence-electron chi connectivity index (χ3n) is 5.81. The van der Waals surface area contributed by atoms with Crippen LogP contribution in [0.1, 0.15) is 59.5 Å². The molecule has 0 spiro atoms. The molecule has 0 unspecified atom stereocenters. The molecule has 2 amide bonds. The Morgan fingerprint density at radius 1 is 1.11 bits per heavy atom. The summed E-state index contributed by atoms with van der Waals surface area (Å²) in [5, 5.41) is 2.96. The van der Waals surface area contributed by atoms with Crippen LogP contribution in [-0.2, 0) is 4.79 Å². The first-order valence-electron chi connectivity index (χ1n) is 9.84. The van der Waals surface area contributed by atoms with Gasteiger partial charge in [-0.3, -0.25) is 9.59 Å². The number of nitrogens with one attached hydrogen (secondary N) is 2. The average molecular weight is 374 g/mol. The Bertz CT molecular complexity index is 1020. The summed E-state index contributed by atoms with van der Waals surface area (Å²) in [6.07, 6.45) is 3.25. The average Bonchev–Trinajstić information content (AvgIpc) is 3.30. The SMILES string of the molecule is O=C1N[C@@H](CC(=O)N2CCCC[C@H]2c2nc3ccccc3[nH]2)c2ccccc21. The van der Waals surface area contributed by atoms with Gasteiger partial charge in [0.25, 0.3) is 5.91 Å². The maximum absolute atomic E-state index is 13.2. The number of para-hydroxylation sites is 2. The number of carbonyl (C=O) groups excluding carboxylic acids is 2. The smallest absolute Gasteiger partial charge is 0.252 e. The number of hydrogen-bond acceptors (Lipinski definition) is 3. The highest BCUT2D eigenvalue weighted by Gasteiger charge is 2.35. The van der Waals surface area contributed by atoms with E-state index in [4.69, 9.17) is 4.98 Å². The van der Waals surface area contributed by atoms with Crippen LogP contribution in [0.4, 0.5) is 0 Å². The maximum atomic E-state index is 13.2. The Kier molecular flexibility index (Phi) is 4.11. The molecule has 1 fully saturated rings. The lowest BCUT2D eigenvalue weighted by Gasteiger charge is -2.35. The molecule has 142 valence electrons. The Morgan fingerprint density at radius 2 is 1.93 bits per heavy atom. The van der Waals surface area contributed by atoms with E-state index >= 15 is 0 Å². The van der Waals surface area contributed by atoms with Gasteiger partial charge in [-0.05, 0) is 43.0 Å². The van der Waals surface area contributed by atoms with Crippen LogP contribution < -0.4 is 5.32 Å². The lowest BCUT2D eigenvalue weighted by Crippen LogP contribution is -2.40. The second-order valence-electron chi connectivity index (χ2n) is 7.56. The summed E-state index contributed by atoms with van der Waals surface area (Å²) in [6, 6.07) is 15.1. The van der Waals surface area contributed by atoms with Gasteiger partial charge in [0.1, 0.15) is 5.82 Å². The number of likely N-dealkylation sites (tertiary alicyclic amines) is 1. The molecule has 0 bridgehead atoms. The molecule has 28 heavy (non-hydrogen) atoms. The summed E-state index contributed by atoms with van der Waals surface area (Å²) in [6.45, 7) is 0.725. The molecule has 2 atom stereocenters.